The minimum Gasteiger partial charge on any atom is -0.357 e. The van der Waals surface area contributed by atoms with Gasteiger partial charge in [-0.15, -0.1) is 0 Å². The van der Waals surface area contributed by atoms with E-state index in [0.29, 0.717) is 0 Å². The van der Waals surface area contributed by atoms with E-state index in [9.17, 15) is 4.79 Å². The van der Waals surface area contributed by atoms with Gasteiger partial charge in [-0.2, -0.15) is 0 Å². The molecule has 2 heterocycles. The van der Waals surface area contributed by atoms with Crippen molar-refractivity contribution in [1.29, 1.82) is 0 Å². The Labute approximate surface area is 106 Å². The maximum atomic E-state index is 12.1. The van der Waals surface area contributed by atoms with Crippen LogP contribution in [0, 0.1) is 0 Å². The lowest BCUT2D eigenvalue weighted by atomic mass is 9.78. The molecule has 2 aliphatic rings. The van der Waals surface area contributed by atoms with Gasteiger partial charge >= 0.3 is 0 Å². The highest BCUT2D eigenvalue weighted by Gasteiger charge is 2.47. The van der Waals surface area contributed by atoms with E-state index in [1.807, 2.05) is 25.1 Å². The molecule has 1 aromatic rings. The van der Waals surface area contributed by atoms with Crippen molar-refractivity contribution in [2.45, 2.75) is 24.8 Å². The van der Waals surface area contributed by atoms with E-state index in [2.05, 4.69) is 21.7 Å². The van der Waals surface area contributed by atoms with Crippen molar-refractivity contribution < 1.29 is 4.79 Å². The van der Waals surface area contributed by atoms with Gasteiger partial charge in [0.2, 0.25) is 5.91 Å². The van der Waals surface area contributed by atoms with Crippen LogP contribution in [0.15, 0.2) is 29.3 Å². The Hall–Kier alpha value is -1.68. The Morgan fingerprint density at radius 3 is 3.06 bits per heavy atom. The highest BCUT2D eigenvalue weighted by molar-refractivity contribution is 6.18. The summed E-state index contributed by atoms with van der Waals surface area (Å²) < 4.78 is 0. The molecule has 94 valence electrons. The maximum Gasteiger partial charge on any atom is 0.245 e. The van der Waals surface area contributed by atoms with Gasteiger partial charge in [0.25, 0.3) is 0 Å². The Kier molecular flexibility index (Phi) is 2.48. The van der Waals surface area contributed by atoms with Gasteiger partial charge in [0.1, 0.15) is 5.54 Å². The predicted molar refractivity (Wildman–Crippen MR) is 71.4 cm³/mol. The van der Waals surface area contributed by atoms with E-state index >= 15 is 0 Å². The first kappa shape index (κ1) is 11.4. The molecule has 1 amide bonds. The summed E-state index contributed by atoms with van der Waals surface area (Å²) in [5.74, 6) is 0.267. The molecule has 2 aliphatic heterocycles. The quantitative estimate of drug-likeness (QED) is 0.782. The number of fused-ring (bicyclic) bond motifs is 3. The lowest BCUT2D eigenvalue weighted by Crippen LogP contribution is -2.63. The van der Waals surface area contributed by atoms with E-state index in [1.165, 1.54) is 5.56 Å². The van der Waals surface area contributed by atoms with Crippen molar-refractivity contribution in [3.63, 3.8) is 0 Å². The van der Waals surface area contributed by atoms with Crippen LogP contribution in [-0.2, 0) is 4.79 Å². The summed E-state index contributed by atoms with van der Waals surface area (Å²) in [4.78, 5) is 16.8. The van der Waals surface area contributed by atoms with Crippen LogP contribution in [0.1, 0.15) is 24.8 Å². The number of amides is 1. The zero-order chi connectivity index (χ0) is 12.8. The van der Waals surface area contributed by atoms with Gasteiger partial charge in [-0.25, -0.2) is 0 Å². The minimum absolute atomic E-state index is 0.0150. The molecule has 1 aromatic carbocycles. The fourth-order valence-electron chi connectivity index (χ4n) is 3.00. The van der Waals surface area contributed by atoms with Gasteiger partial charge < -0.3 is 5.32 Å². The number of nitrogens with one attached hydrogen (secondary N) is 2. The molecule has 4 nitrogen and oxygen atoms in total. The van der Waals surface area contributed by atoms with Crippen molar-refractivity contribution in [3.05, 3.63) is 29.8 Å². The van der Waals surface area contributed by atoms with E-state index in [0.717, 1.165) is 24.4 Å². The molecule has 0 aliphatic carbocycles. The molecule has 18 heavy (non-hydrogen) atoms. The molecule has 0 bridgehead atoms. The van der Waals surface area contributed by atoms with Crippen LogP contribution in [0.3, 0.4) is 0 Å². The van der Waals surface area contributed by atoms with Crippen LogP contribution in [-0.4, -0.2) is 30.8 Å². The smallest absolute Gasteiger partial charge is 0.245 e. The number of benzene rings is 1. The lowest BCUT2D eigenvalue weighted by molar-refractivity contribution is -0.124. The molecule has 2 N–H and O–H groups in total. The van der Waals surface area contributed by atoms with Crippen molar-refractivity contribution in [2.24, 2.45) is 4.99 Å². The first-order valence-corrected chi connectivity index (χ1v) is 6.32. The van der Waals surface area contributed by atoms with Crippen LogP contribution >= 0.6 is 0 Å². The number of nitrogens with zero attached hydrogens (tertiary/aromatic N) is 1. The number of rotatable bonds is 1. The average molecular weight is 243 g/mol. The number of hydrogen-bond acceptors (Lipinski definition) is 3. The van der Waals surface area contributed by atoms with E-state index in [-0.39, 0.29) is 11.8 Å². The molecule has 2 unspecified atom stereocenters. The third-order valence-electron chi connectivity index (χ3n) is 3.99. The number of piperidine rings is 1. The Balaban J connectivity index is 2.08. The monoisotopic (exact) mass is 243 g/mol. The molecule has 3 rings (SSSR count). The number of carbonyl (C=O) groups is 1. The number of carbonyl (C=O) groups excluding carboxylic acids is 1. The summed E-state index contributed by atoms with van der Waals surface area (Å²) in [6.07, 6.45) is 1.00. The molecule has 0 saturated carbocycles. The zero-order valence-electron chi connectivity index (χ0n) is 10.7. The fraction of sp³-hybridized carbons (Fsp3) is 0.429. The summed E-state index contributed by atoms with van der Waals surface area (Å²) >= 11 is 0. The topological polar surface area (TPSA) is 53.5 Å². The van der Waals surface area contributed by atoms with Gasteiger partial charge in [0, 0.05) is 13.0 Å². The van der Waals surface area contributed by atoms with Crippen LogP contribution < -0.4 is 10.6 Å². The molecule has 0 spiro atoms. The molecule has 0 aromatic heterocycles. The first-order chi connectivity index (χ1) is 8.66. The number of para-hydroxylation sites is 1. The molecule has 1 saturated heterocycles. The Morgan fingerprint density at radius 2 is 2.28 bits per heavy atom. The second-order valence-electron chi connectivity index (χ2n) is 5.03. The van der Waals surface area contributed by atoms with Crippen molar-refractivity contribution in [2.75, 3.05) is 13.6 Å². The Morgan fingerprint density at radius 1 is 1.50 bits per heavy atom. The van der Waals surface area contributed by atoms with Gasteiger partial charge in [-0.1, -0.05) is 18.2 Å². The first-order valence-electron chi connectivity index (χ1n) is 6.32. The van der Waals surface area contributed by atoms with E-state index < -0.39 is 5.54 Å². The molecular weight excluding hydrogens is 226 g/mol. The largest absolute Gasteiger partial charge is 0.357 e. The van der Waals surface area contributed by atoms with Crippen molar-refractivity contribution >= 4 is 17.3 Å². The Bertz CT molecular complexity index is 538. The predicted octanol–water partition coefficient (Wildman–Crippen LogP) is 1.35. The third kappa shape index (κ3) is 1.42. The van der Waals surface area contributed by atoms with Crippen molar-refractivity contribution in [1.82, 2.24) is 10.6 Å². The number of hydrogen-bond donors (Lipinski definition) is 2. The second kappa shape index (κ2) is 3.92. The van der Waals surface area contributed by atoms with Gasteiger partial charge in [-0.05, 0) is 31.5 Å². The lowest BCUT2D eigenvalue weighted by Gasteiger charge is -2.37. The molecule has 2 atom stereocenters. The summed E-state index contributed by atoms with van der Waals surface area (Å²) in [5, 5.41) is 6.04. The average Bonchev–Trinajstić information content (AvgIpc) is 2.78. The maximum absolute atomic E-state index is 12.1. The normalized spacial score (nSPS) is 29.2. The standard InChI is InChI=1S/C14H17N3O/c1-14(13(18)15-2)12-10(7-8-16-14)9-5-3-4-6-11(9)17-12/h3-6,10,16H,7-8H2,1-2H3,(H,15,18). The second-order valence-corrected chi connectivity index (χ2v) is 5.03. The SMILES string of the molecule is CNC(=O)C1(C)NCCC2C1=Nc1ccccc12. The molecule has 4 heteroatoms. The number of aliphatic imine (C=N–C) groups is 1. The van der Waals surface area contributed by atoms with Crippen molar-refractivity contribution in [3.8, 4) is 0 Å². The highest BCUT2D eigenvalue weighted by Crippen LogP contribution is 2.42. The van der Waals surface area contributed by atoms with Crippen LogP contribution in [0.2, 0.25) is 0 Å². The molecule has 1 fully saturated rings. The van der Waals surface area contributed by atoms with Gasteiger partial charge in [0.05, 0.1) is 11.4 Å². The molecule has 0 radical (unpaired) electrons. The zero-order valence-corrected chi connectivity index (χ0v) is 10.7. The summed E-state index contributed by atoms with van der Waals surface area (Å²) in [5.41, 5.74) is 2.53. The highest BCUT2D eigenvalue weighted by atomic mass is 16.2. The third-order valence-corrected chi connectivity index (χ3v) is 3.99. The number of likely N-dealkylation sites (N-methyl/N-ethyl adjacent to an activating group) is 1. The summed E-state index contributed by atoms with van der Waals surface area (Å²) in [7, 11) is 1.67. The van der Waals surface area contributed by atoms with Crippen LogP contribution in [0.25, 0.3) is 0 Å². The van der Waals surface area contributed by atoms with E-state index in [1.54, 1.807) is 7.05 Å². The summed E-state index contributed by atoms with van der Waals surface area (Å²) in [6.45, 7) is 2.75. The van der Waals surface area contributed by atoms with E-state index in [4.69, 9.17) is 0 Å². The molecular formula is C14H17N3O. The van der Waals surface area contributed by atoms with Crippen LogP contribution in [0.5, 0.6) is 0 Å². The summed E-state index contributed by atoms with van der Waals surface area (Å²) in [6, 6.07) is 8.17. The van der Waals surface area contributed by atoms with Crippen LogP contribution in [0.4, 0.5) is 5.69 Å². The fourth-order valence-corrected chi connectivity index (χ4v) is 3.00. The van der Waals surface area contributed by atoms with Gasteiger partial charge in [0.15, 0.2) is 0 Å². The van der Waals surface area contributed by atoms with Gasteiger partial charge in [-0.3, -0.25) is 15.1 Å². The minimum atomic E-state index is -0.684.